The molecule has 3 N–H and O–H groups in total. The molecule has 2 aromatic rings. The largest absolute Gasteiger partial charge is 0.480 e. The van der Waals surface area contributed by atoms with Crippen LogP contribution in [0.3, 0.4) is 0 Å². The lowest BCUT2D eigenvalue weighted by atomic mass is 10.1. The standard InChI is InChI=1S/C13H14N4O/c1-18-12-9-17-13(14)16-8-11(7-15-12)10-5-3-2-4-6-10/h2-9H,1H3,(H3,14,16,17). The molecule has 0 spiro atoms. The molecule has 0 aliphatic heterocycles. The fourth-order valence-corrected chi connectivity index (χ4v) is 1.41. The number of aromatic nitrogens is 3. The summed E-state index contributed by atoms with van der Waals surface area (Å²) in [5.74, 6) is 0.709. The van der Waals surface area contributed by atoms with E-state index in [1.807, 2.05) is 30.3 Å². The van der Waals surface area contributed by atoms with Crippen LogP contribution in [0, 0.1) is 0 Å². The summed E-state index contributed by atoms with van der Waals surface area (Å²) in [6.07, 6.45) is 4.90. The maximum Gasteiger partial charge on any atom is 0.229 e. The van der Waals surface area contributed by atoms with Gasteiger partial charge in [-0.3, -0.25) is 0 Å². The molecule has 5 heteroatoms. The van der Waals surface area contributed by atoms with Gasteiger partial charge in [-0.15, -0.1) is 0 Å². The Bertz CT molecular complexity index is 564. The van der Waals surface area contributed by atoms with Crippen molar-refractivity contribution in [3.63, 3.8) is 0 Å². The number of hydrogen-bond donors (Lipinski definition) is 2. The predicted molar refractivity (Wildman–Crippen MR) is 70.4 cm³/mol. The third-order valence-electron chi connectivity index (χ3n) is 2.33. The van der Waals surface area contributed by atoms with Crippen LogP contribution in [0.5, 0.6) is 5.88 Å². The van der Waals surface area contributed by atoms with Gasteiger partial charge >= 0.3 is 0 Å². The summed E-state index contributed by atoms with van der Waals surface area (Å²) in [5.41, 5.74) is 7.53. The summed E-state index contributed by atoms with van der Waals surface area (Å²) in [6, 6.07) is 9.82. The number of nitrogens with two attached hydrogens (primary N) is 1. The molecule has 1 heterocycles. The van der Waals surface area contributed by atoms with Gasteiger partial charge in [0.15, 0.2) is 5.95 Å². The van der Waals surface area contributed by atoms with Gasteiger partial charge < -0.3 is 15.5 Å². The van der Waals surface area contributed by atoms with E-state index in [2.05, 4.69) is 15.0 Å². The van der Waals surface area contributed by atoms with E-state index < -0.39 is 0 Å². The lowest BCUT2D eigenvalue weighted by molar-refractivity contribution is 0.397. The van der Waals surface area contributed by atoms with Crippen molar-refractivity contribution in [3.05, 3.63) is 48.9 Å². The van der Waals surface area contributed by atoms with Crippen LogP contribution in [0.15, 0.2) is 48.9 Å². The zero-order chi connectivity index (χ0) is 12.8. The third kappa shape index (κ3) is 2.98. The van der Waals surface area contributed by atoms with Gasteiger partial charge in [0.25, 0.3) is 0 Å². The Hall–Kier alpha value is -2.56. The number of rotatable bonds is 2. The maximum atomic E-state index is 5.67. The summed E-state index contributed by atoms with van der Waals surface area (Å²) in [6.45, 7) is 0. The van der Waals surface area contributed by atoms with Crippen LogP contribution in [0.2, 0.25) is 0 Å². The van der Waals surface area contributed by atoms with E-state index >= 15 is 0 Å². The predicted octanol–water partition coefficient (Wildman–Crippen LogP) is 2.19. The number of hydrogen-bond acceptors (Lipinski definition) is 4. The molecule has 0 fully saturated rings. The summed E-state index contributed by atoms with van der Waals surface area (Å²) < 4.78 is 5.08. The number of benzene rings is 1. The first-order valence-electron chi connectivity index (χ1n) is 5.43. The smallest absolute Gasteiger partial charge is 0.229 e. The minimum atomic E-state index is 0.281. The van der Waals surface area contributed by atoms with Gasteiger partial charge in [0.1, 0.15) is 0 Å². The minimum absolute atomic E-state index is 0.281. The molecule has 0 atom stereocenters. The van der Waals surface area contributed by atoms with E-state index in [-0.39, 0.29) is 5.95 Å². The Labute approximate surface area is 105 Å². The summed E-state index contributed by atoms with van der Waals surface area (Å²) >= 11 is 0. The molecule has 0 unspecified atom stereocenters. The van der Waals surface area contributed by atoms with Crippen molar-refractivity contribution in [3.8, 4) is 17.0 Å². The van der Waals surface area contributed by atoms with Crippen LogP contribution >= 0.6 is 0 Å². The molecule has 0 amide bonds. The highest BCUT2D eigenvalue weighted by molar-refractivity contribution is 5.60. The summed E-state index contributed by atoms with van der Waals surface area (Å²) in [5, 5.41) is 0. The molecule has 1 aromatic heterocycles. The fraction of sp³-hybridized carbons (Fsp3) is 0.0769. The zero-order valence-corrected chi connectivity index (χ0v) is 10.00. The van der Waals surface area contributed by atoms with E-state index in [0.717, 1.165) is 11.1 Å². The Morgan fingerprint density at radius 2 is 1.78 bits per heavy atom. The van der Waals surface area contributed by atoms with Gasteiger partial charge in [-0.05, 0) is 5.56 Å². The highest BCUT2D eigenvalue weighted by Gasteiger charge is 1.95. The van der Waals surface area contributed by atoms with E-state index in [1.165, 1.54) is 0 Å². The van der Waals surface area contributed by atoms with Crippen molar-refractivity contribution in [2.24, 2.45) is 0 Å². The topological polar surface area (TPSA) is 76.8 Å². The molecule has 18 heavy (non-hydrogen) atoms. The average Bonchev–Trinajstić information content (AvgIpc) is 2.51. The number of aromatic amines is 1. The Kier molecular flexibility index (Phi) is 3.76. The molecule has 2 rings (SSSR count). The first-order valence-corrected chi connectivity index (χ1v) is 5.43. The quantitative estimate of drug-likeness (QED) is 0.846. The molecule has 0 radical (unpaired) electrons. The van der Waals surface area contributed by atoms with Crippen LogP contribution in [-0.2, 0) is 0 Å². The summed E-state index contributed by atoms with van der Waals surface area (Å²) in [4.78, 5) is 11.1. The number of methoxy groups -OCH3 is 1. The van der Waals surface area contributed by atoms with E-state index in [1.54, 1.807) is 25.7 Å². The highest BCUT2D eigenvalue weighted by Crippen LogP contribution is 2.16. The fourth-order valence-electron chi connectivity index (χ4n) is 1.41. The van der Waals surface area contributed by atoms with Crippen molar-refractivity contribution >= 4 is 5.95 Å². The lowest BCUT2D eigenvalue weighted by Gasteiger charge is -1.96. The zero-order valence-electron chi connectivity index (χ0n) is 10.00. The molecule has 5 nitrogen and oxygen atoms in total. The van der Waals surface area contributed by atoms with Crippen LogP contribution in [0.1, 0.15) is 0 Å². The SMILES string of the molecule is COc1c[nH]c(N)ncc(-c2ccccc2)cn1. The van der Waals surface area contributed by atoms with Gasteiger partial charge in [-0.1, -0.05) is 30.3 Å². The van der Waals surface area contributed by atoms with Gasteiger partial charge in [0.05, 0.1) is 13.3 Å². The Morgan fingerprint density at radius 3 is 2.50 bits per heavy atom. The first kappa shape index (κ1) is 11.9. The number of anilines is 1. The Morgan fingerprint density at radius 1 is 1.06 bits per heavy atom. The van der Waals surface area contributed by atoms with Gasteiger partial charge in [-0.2, -0.15) is 0 Å². The van der Waals surface area contributed by atoms with Gasteiger partial charge in [0, 0.05) is 18.0 Å². The van der Waals surface area contributed by atoms with E-state index in [4.69, 9.17) is 10.5 Å². The Balaban J connectivity index is 2.58. The summed E-state index contributed by atoms with van der Waals surface area (Å²) in [7, 11) is 1.54. The minimum Gasteiger partial charge on any atom is -0.480 e. The van der Waals surface area contributed by atoms with Crippen LogP contribution in [-0.4, -0.2) is 22.1 Å². The number of nitrogen functional groups attached to an aromatic ring is 1. The normalized spacial score (nSPS) is 9.61. The number of nitrogens with zero attached hydrogens (tertiary/aromatic N) is 2. The molecular formula is C13H14N4O. The van der Waals surface area contributed by atoms with E-state index in [9.17, 15) is 0 Å². The molecular weight excluding hydrogens is 228 g/mol. The van der Waals surface area contributed by atoms with Crippen molar-refractivity contribution in [1.29, 1.82) is 0 Å². The van der Waals surface area contributed by atoms with Gasteiger partial charge in [0.2, 0.25) is 5.88 Å². The molecule has 0 saturated heterocycles. The molecule has 1 aromatic carbocycles. The van der Waals surface area contributed by atoms with Gasteiger partial charge in [-0.25, -0.2) is 9.97 Å². The average molecular weight is 242 g/mol. The first-order chi connectivity index (χ1) is 8.79. The van der Waals surface area contributed by atoms with Crippen LogP contribution in [0.4, 0.5) is 5.95 Å². The van der Waals surface area contributed by atoms with Crippen molar-refractivity contribution in [2.75, 3.05) is 12.8 Å². The number of ether oxygens (including phenoxy) is 1. The van der Waals surface area contributed by atoms with Crippen molar-refractivity contribution < 1.29 is 4.74 Å². The highest BCUT2D eigenvalue weighted by atomic mass is 16.5. The molecule has 0 aliphatic carbocycles. The maximum absolute atomic E-state index is 5.67. The lowest BCUT2D eigenvalue weighted by Crippen LogP contribution is -1.90. The van der Waals surface area contributed by atoms with Crippen LogP contribution in [0.25, 0.3) is 11.1 Å². The van der Waals surface area contributed by atoms with Crippen LogP contribution < -0.4 is 10.5 Å². The monoisotopic (exact) mass is 242 g/mol. The number of H-pyrrole nitrogens is 1. The van der Waals surface area contributed by atoms with Crippen molar-refractivity contribution in [1.82, 2.24) is 15.0 Å². The second-order valence-corrected chi connectivity index (χ2v) is 3.55. The molecule has 92 valence electrons. The van der Waals surface area contributed by atoms with Crippen molar-refractivity contribution in [2.45, 2.75) is 0 Å². The molecule has 0 saturated carbocycles. The second-order valence-electron chi connectivity index (χ2n) is 3.55. The second kappa shape index (κ2) is 5.67. The molecule has 0 bridgehead atoms. The third-order valence-corrected chi connectivity index (χ3v) is 2.33. The number of nitrogens with one attached hydrogen (secondary N) is 1. The molecule has 0 aliphatic rings. The van der Waals surface area contributed by atoms with E-state index in [0.29, 0.717) is 5.88 Å².